The molecule has 1 saturated heterocycles. The van der Waals surface area contributed by atoms with E-state index in [2.05, 4.69) is 9.64 Å². The molecule has 1 atom stereocenters. The predicted molar refractivity (Wildman–Crippen MR) is 55.0 cm³/mol. The Balaban J connectivity index is 0.000000791. The van der Waals surface area contributed by atoms with E-state index in [1.807, 2.05) is 13.8 Å². The number of nitrogens with zero attached hydrogens (tertiary/aromatic N) is 1. The van der Waals surface area contributed by atoms with Crippen molar-refractivity contribution in [2.24, 2.45) is 0 Å². The lowest BCUT2D eigenvalue weighted by molar-refractivity contribution is -0.140. The highest BCUT2D eigenvalue weighted by Crippen LogP contribution is 2.08. The zero-order valence-corrected chi connectivity index (χ0v) is 9.32. The van der Waals surface area contributed by atoms with Gasteiger partial charge in [0.1, 0.15) is 0 Å². The lowest BCUT2D eigenvalue weighted by Gasteiger charge is -2.12. The van der Waals surface area contributed by atoms with E-state index in [1.54, 1.807) is 0 Å². The van der Waals surface area contributed by atoms with Gasteiger partial charge >= 0.3 is 5.97 Å². The molecule has 1 N–H and O–H groups in total. The van der Waals surface area contributed by atoms with E-state index in [-0.39, 0.29) is 12.1 Å². The number of β-amino-alcohol motifs (C(OH)–C–C–N with tert-alkyl or cyclic N) is 1. The van der Waals surface area contributed by atoms with Gasteiger partial charge in [0.2, 0.25) is 0 Å². The van der Waals surface area contributed by atoms with Crippen LogP contribution in [0.4, 0.5) is 0 Å². The van der Waals surface area contributed by atoms with Gasteiger partial charge in [0, 0.05) is 19.6 Å². The number of aliphatic hydroxyl groups excluding tert-OH is 1. The number of carbonyl (C=O) groups excluding carboxylic acids is 1. The Morgan fingerprint density at radius 2 is 2.21 bits per heavy atom. The van der Waals surface area contributed by atoms with Crippen LogP contribution in [0.1, 0.15) is 26.7 Å². The van der Waals surface area contributed by atoms with Gasteiger partial charge in [-0.1, -0.05) is 13.8 Å². The summed E-state index contributed by atoms with van der Waals surface area (Å²) in [6, 6.07) is 0. The lowest BCUT2D eigenvalue weighted by Crippen LogP contribution is -2.25. The zero-order chi connectivity index (χ0) is 11.0. The highest BCUT2D eigenvalue weighted by Gasteiger charge is 2.20. The third-order valence-corrected chi connectivity index (χ3v) is 2.11. The fourth-order valence-corrected chi connectivity index (χ4v) is 1.37. The van der Waals surface area contributed by atoms with Gasteiger partial charge < -0.3 is 14.7 Å². The predicted octanol–water partition coefficient (Wildman–Crippen LogP) is 0.642. The molecule has 0 bridgehead atoms. The molecular weight excluding hydrogens is 182 g/mol. The van der Waals surface area contributed by atoms with Gasteiger partial charge in [-0.2, -0.15) is 0 Å². The van der Waals surface area contributed by atoms with Crippen molar-refractivity contribution in [3.8, 4) is 0 Å². The maximum absolute atomic E-state index is 10.7. The number of hydrogen-bond acceptors (Lipinski definition) is 4. The number of esters is 1. The Morgan fingerprint density at radius 1 is 1.57 bits per heavy atom. The second-order valence-corrected chi connectivity index (χ2v) is 3.07. The number of methoxy groups -OCH3 is 1. The second kappa shape index (κ2) is 7.76. The van der Waals surface area contributed by atoms with E-state index in [0.717, 1.165) is 13.0 Å². The van der Waals surface area contributed by atoms with Crippen molar-refractivity contribution in [2.45, 2.75) is 32.8 Å². The van der Waals surface area contributed by atoms with E-state index < -0.39 is 0 Å². The Kier molecular flexibility index (Phi) is 7.42. The summed E-state index contributed by atoms with van der Waals surface area (Å²) in [5.74, 6) is -0.184. The third kappa shape index (κ3) is 5.19. The molecule has 84 valence electrons. The third-order valence-electron chi connectivity index (χ3n) is 2.11. The fourth-order valence-electron chi connectivity index (χ4n) is 1.37. The van der Waals surface area contributed by atoms with Crippen LogP contribution in [0.3, 0.4) is 0 Å². The quantitative estimate of drug-likeness (QED) is 0.684. The molecule has 4 nitrogen and oxygen atoms in total. The van der Waals surface area contributed by atoms with Crippen molar-refractivity contribution in [3.63, 3.8) is 0 Å². The number of ether oxygens (including phenoxy) is 1. The molecule has 4 heteroatoms. The molecule has 1 heterocycles. The highest BCUT2D eigenvalue weighted by atomic mass is 16.5. The van der Waals surface area contributed by atoms with Crippen LogP contribution in [0.5, 0.6) is 0 Å². The molecule has 1 aliphatic rings. The first kappa shape index (κ1) is 13.4. The van der Waals surface area contributed by atoms with Crippen LogP contribution in [0.15, 0.2) is 0 Å². The molecule has 0 aromatic carbocycles. The average Bonchev–Trinajstić information content (AvgIpc) is 2.64. The molecule has 0 spiro atoms. The summed E-state index contributed by atoms with van der Waals surface area (Å²) in [4.78, 5) is 12.8. The molecule has 0 aromatic rings. The monoisotopic (exact) mass is 203 g/mol. The zero-order valence-electron chi connectivity index (χ0n) is 9.32. The molecule has 1 unspecified atom stereocenters. The number of carbonyl (C=O) groups is 1. The smallest absolute Gasteiger partial charge is 0.306 e. The molecular formula is C10H21NO3. The van der Waals surface area contributed by atoms with E-state index in [9.17, 15) is 4.79 Å². The molecule has 1 rings (SSSR count). The average molecular weight is 203 g/mol. The summed E-state index contributed by atoms with van der Waals surface area (Å²) in [5, 5.41) is 9.16. The van der Waals surface area contributed by atoms with Gasteiger partial charge in [-0.15, -0.1) is 0 Å². The summed E-state index contributed by atoms with van der Waals surface area (Å²) in [6.45, 7) is 6.28. The van der Waals surface area contributed by atoms with Crippen molar-refractivity contribution >= 4 is 5.97 Å². The van der Waals surface area contributed by atoms with Gasteiger partial charge in [-0.25, -0.2) is 0 Å². The Bertz CT molecular complexity index is 161. The van der Waals surface area contributed by atoms with Crippen LogP contribution in [0, 0.1) is 0 Å². The summed E-state index contributed by atoms with van der Waals surface area (Å²) >= 11 is 0. The maximum atomic E-state index is 10.7. The molecule has 0 amide bonds. The largest absolute Gasteiger partial charge is 0.469 e. The first-order valence-electron chi connectivity index (χ1n) is 5.19. The van der Waals surface area contributed by atoms with E-state index >= 15 is 0 Å². The first-order valence-corrected chi connectivity index (χ1v) is 5.19. The van der Waals surface area contributed by atoms with Crippen LogP contribution < -0.4 is 0 Å². The van der Waals surface area contributed by atoms with E-state index in [4.69, 9.17) is 5.11 Å². The van der Waals surface area contributed by atoms with Gasteiger partial charge in [0.15, 0.2) is 0 Å². The van der Waals surface area contributed by atoms with Crippen LogP contribution >= 0.6 is 0 Å². The van der Waals surface area contributed by atoms with Crippen molar-refractivity contribution in [1.29, 1.82) is 0 Å². The number of hydrogen-bond donors (Lipinski definition) is 1. The van der Waals surface area contributed by atoms with Crippen molar-refractivity contribution < 1.29 is 14.6 Å². The topological polar surface area (TPSA) is 49.8 Å². The lowest BCUT2D eigenvalue weighted by atomic mass is 10.3. The summed E-state index contributed by atoms with van der Waals surface area (Å²) < 4.78 is 4.51. The van der Waals surface area contributed by atoms with Crippen molar-refractivity contribution in [3.05, 3.63) is 0 Å². The minimum Gasteiger partial charge on any atom is -0.469 e. The Morgan fingerprint density at radius 3 is 2.64 bits per heavy atom. The van der Waals surface area contributed by atoms with Crippen molar-refractivity contribution in [1.82, 2.24) is 4.90 Å². The van der Waals surface area contributed by atoms with Crippen LogP contribution in [0.25, 0.3) is 0 Å². The number of aliphatic hydroxyl groups is 1. The SMILES string of the molecule is CC.COC(=O)CCN1CCC(O)C1. The first-order chi connectivity index (χ1) is 6.72. The van der Waals surface area contributed by atoms with Gasteiger partial charge in [-0.05, 0) is 6.42 Å². The van der Waals surface area contributed by atoms with Crippen molar-refractivity contribution in [2.75, 3.05) is 26.7 Å². The van der Waals surface area contributed by atoms with Crippen LogP contribution in [0.2, 0.25) is 0 Å². The fraction of sp³-hybridized carbons (Fsp3) is 0.900. The Labute approximate surface area is 85.9 Å². The highest BCUT2D eigenvalue weighted by molar-refractivity contribution is 5.69. The number of rotatable bonds is 3. The van der Waals surface area contributed by atoms with Gasteiger partial charge in [-0.3, -0.25) is 4.79 Å². The minimum absolute atomic E-state index is 0.184. The summed E-state index contributed by atoms with van der Waals surface area (Å²) in [7, 11) is 1.39. The summed E-state index contributed by atoms with van der Waals surface area (Å²) in [6.07, 6.45) is 1.03. The van der Waals surface area contributed by atoms with Crippen LogP contribution in [-0.4, -0.2) is 48.8 Å². The molecule has 1 fully saturated rings. The molecule has 0 radical (unpaired) electrons. The van der Waals surface area contributed by atoms with Crippen LogP contribution in [-0.2, 0) is 9.53 Å². The molecule has 0 saturated carbocycles. The summed E-state index contributed by atoms with van der Waals surface area (Å²) in [5.41, 5.74) is 0. The maximum Gasteiger partial charge on any atom is 0.306 e. The van der Waals surface area contributed by atoms with Gasteiger partial charge in [0.05, 0.1) is 19.6 Å². The van der Waals surface area contributed by atoms with Gasteiger partial charge in [0.25, 0.3) is 0 Å². The molecule has 0 aromatic heterocycles. The standard InChI is InChI=1S/C8H15NO3.C2H6/c1-12-8(11)3-5-9-4-2-7(10)6-9;1-2/h7,10H,2-6H2,1H3;1-2H3. The second-order valence-electron chi connectivity index (χ2n) is 3.07. The molecule has 1 aliphatic heterocycles. The minimum atomic E-state index is -0.206. The number of likely N-dealkylation sites (tertiary alicyclic amines) is 1. The normalized spacial score (nSPS) is 21.3. The molecule has 0 aliphatic carbocycles. The van der Waals surface area contributed by atoms with E-state index in [0.29, 0.717) is 19.5 Å². The molecule has 14 heavy (non-hydrogen) atoms. The Hall–Kier alpha value is -0.610. The van der Waals surface area contributed by atoms with E-state index in [1.165, 1.54) is 7.11 Å².